The van der Waals surface area contributed by atoms with E-state index in [0.29, 0.717) is 6.54 Å². The van der Waals surface area contributed by atoms with Crippen LogP contribution in [0.3, 0.4) is 0 Å². The standard InChI is InChI=1S/C17H22FN3/c1-4-16(19-2)17-9-8-15(11-20-17)21(3)12-13-6-5-7-14(18)10-13/h5-11,16,19H,4,12H2,1-3H3. The van der Waals surface area contributed by atoms with Crippen molar-refractivity contribution in [3.05, 3.63) is 59.7 Å². The molecule has 112 valence electrons. The van der Waals surface area contributed by atoms with Crippen LogP contribution in [0.2, 0.25) is 0 Å². The van der Waals surface area contributed by atoms with Gasteiger partial charge in [-0.05, 0) is 43.3 Å². The summed E-state index contributed by atoms with van der Waals surface area (Å²) in [5.41, 5.74) is 3.01. The Kier molecular flexibility index (Phi) is 5.28. The monoisotopic (exact) mass is 287 g/mol. The molecule has 1 N–H and O–H groups in total. The number of pyridine rings is 1. The number of halogens is 1. The molecule has 0 radical (unpaired) electrons. The second-order valence-corrected chi connectivity index (χ2v) is 5.18. The quantitative estimate of drug-likeness (QED) is 0.881. The molecule has 2 rings (SSSR count). The minimum atomic E-state index is -0.200. The maximum absolute atomic E-state index is 13.2. The molecule has 1 heterocycles. The summed E-state index contributed by atoms with van der Waals surface area (Å²) in [6.07, 6.45) is 2.87. The van der Waals surface area contributed by atoms with Gasteiger partial charge in [0.25, 0.3) is 0 Å². The highest BCUT2D eigenvalue weighted by molar-refractivity contribution is 5.44. The third kappa shape index (κ3) is 4.02. The van der Waals surface area contributed by atoms with Gasteiger partial charge in [-0.2, -0.15) is 0 Å². The SMILES string of the molecule is CCC(NC)c1ccc(N(C)Cc2cccc(F)c2)cn1. The van der Waals surface area contributed by atoms with E-state index >= 15 is 0 Å². The van der Waals surface area contributed by atoms with Crippen LogP contribution in [0.4, 0.5) is 10.1 Å². The van der Waals surface area contributed by atoms with Gasteiger partial charge in [0.1, 0.15) is 5.82 Å². The number of rotatable bonds is 6. The van der Waals surface area contributed by atoms with Crippen molar-refractivity contribution in [2.75, 3.05) is 19.0 Å². The third-order valence-electron chi connectivity index (χ3n) is 3.63. The Hall–Kier alpha value is -1.94. The van der Waals surface area contributed by atoms with E-state index in [4.69, 9.17) is 0 Å². The van der Waals surface area contributed by atoms with E-state index in [-0.39, 0.29) is 11.9 Å². The fourth-order valence-corrected chi connectivity index (χ4v) is 2.39. The summed E-state index contributed by atoms with van der Waals surface area (Å²) in [5.74, 6) is -0.200. The summed E-state index contributed by atoms with van der Waals surface area (Å²) in [5, 5.41) is 3.24. The number of benzene rings is 1. The first-order valence-corrected chi connectivity index (χ1v) is 7.22. The highest BCUT2D eigenvalue weighted by Gasteiger charge is 2.09. The van der Waals surface area contributed by atoms with Crippen LogP contribution in [-0.4, -0.2) is 19.1 Å². The topological polar surface area (TPSA) is 28.2 Å². The van der Waals surface area contributed by atoms with Crippen molar-refractivity contribution >= 4 is 5.69 Å². The Labute approximate surface area is 125 Å². The molecular weight excluding hydrogens is 265 g/mol. The second-order valence-electron chi connectivity index (χ2n) is 5.18. The molecule has 21 heavy (non-hydrogen) atoms. The van der Waals surface area contributed by atoms with Gasteiger partial charge in [-0.1, -0.05) is 19.1 Å². The molecule has 4 heteroatoms. The molecule has 0 fully saturated rings. The molecule has 0 saturated carbocycles. The van der Waals surface area contributed by atoms with Crippen LogP contribution in [0.5, 0.6) is 0 Å². The molecule has 1 unspecified atom stereocenters. The van der Waals surface area contributed by atoms with E-state index in [0.717, 1.165) is 23.4 Å². The van der Waals surface area contributed by atoms with Crippen molar-refractivity contribution in [1.82, 2.24) is 10.3 Å². The average molecular weight is 287 g/mol. The zero-order chi connectivity index (χ0) is 15.2. The van der Waals surface area contributed by atoms with E-state index in [2.05, 4.69) is 28.2 Å². The number of anilines is 1. The predicted octanol–water partition coefficient (Wildman–Crippen LogP) is 3.53. The summed E-state index contributed by atoms with van der Waals surface area (Å²) in [6, 6.07) is 11.1. The highest BCUT2D eigenvalue weighted by Crippen LogP contribution is 2.19. The Morgan fingerprint density at radius 1 is 1.29 bits per heavy atom. The number of nitrogens with one attached hydrogen (secondary N) is 1. The first kappa shape index (κ1) is 15.4. The Bertz CT molecular complexity index is 565. The van der Waals surface area contributed by atoms with Gasteiger partial charge >= 0.3 is 0 Å². The molecule has 0 saturated heterocycles. The summed E-state index contributed by atoms with van der Waals surface area (Å²) in [6.45, 7) is 2.79. The van der Waals surface area contributed by atoms with Crippen molar-refractivity contribution in [3.63, 3.8) is 0 Å². The summed E-state index contributed by atoms with van der Waals surface area (Å²) >= 11 is 0. The molecule has 0 aliphatic carbocycles. The lowest BCUT2D eigenvalue weighted by atomic mass is 10.1. The number of nitrogens with zero attached hydrogens (tertiary/aromatic N) is 2. The number of aromatic nitrogens is 1. The Balaban J connectivity index is 2.07. The van der Waals surface area contributed by atoms with E-state index < -0.39 is 0 Å². The van der Waals surface area contributed by atoms with Crippen molar-refractivity contribution in [3.8, 4) is 0 Å². The van der Waals surface area contributed by atoms with Gasteiger partial charge in [0.15, 0.2) is 0 Å². The van der Waals surface area contributed by atoms with E-state index in [1.165, 1.54) is 6.07 Å². The number of hydrogen-bond donors (Lipinski definition) is 1. The maximum Gasteiger partial charge on any atom is 0.123 e. The van der Waals surface area contributed by atoms with Gasteiger partial charge in [0, 0.05) is 19.6 Å². The first-order valence-electron chi connectivity index (χ1n) is 7.22. The van der Waals surface area contributed by atoms with Crippen molar-refractivity contribution in [1.29, 1.82) is 0 Å². The lowest BCUT2D eigenvalue weighted by molar-refractivity contribution is 0.561. The number of hydrogen-bond acceptors (Lipinski definition) is 3. The zero-order valence-electron chi connectivity index (χ0n) is 12.8. The molecule has 0 aliphatic heterocycles. The Morgan fingerprint density at radius 2 is 2.10 bits per heavy atom. The van der Waals surface area contributed by atoms with Crippen molar-refractivity contribution in [2.24, 2.45) is 0 Å². The van der Waals surface area contributed by atoms with Crippen LogP contribution < -0.4 is 10.2 Å². The van der Waals surface area contributed by atoms with Gasteiger partial charge in [0.05, 0.1) is 17.6 Å². The van der Waals surface area contributed by atoms with Gasteiger partial charge in [0.2, 0.25) is 0 Å². The lowest BCUT2D eigenvalue weighted by Crippen LogP contribution is -2.19. The second kappa shape index (κ2) is 7.18. The van der Waals surface area contributed by atoms with Gasteiger partial charge < -0.3 is 10.2 Å². The molecule has 0 aliphatic rings. The maximum atomic E-state index is 13.2. The van der Waals surface area contributed by atoms with E-state index in [1.807, 2.05) is 32.4 Å². The molecule has 0 amide bonds. The lowest BCUT2D eigenvalue weighted by Gasteiger charge is -2.20. The van der Waals surface area contributed by atoms with Crippen molar-refractivity contribution < 1.29 is 4.39 Å². The largest absolute Gasteiger partial charge is 0.369 e. The van der Waals surface area contributed by atoms with Crippen LogP contribution in [0.1, 0.15) is 30.6 Å². The van der Waals surface area contributed by atoms with E-state index in [9.17, 15) is 4.39 Å². The van der Waals surface area contributed by atoms with Crippen LogP contribution in [0.25, 0.3) is 0 Å². The fourth-order valence-electron chi connectivity index (χ4n) is 2.39. The van der Waals surface area contributed by atoms with Crippen LogP contribution in [0.15, 0.2) is 42.6 Å². The third-order valence-corrected chi connectivity index (χ3v) is 3.63. The minimum Gasteiger partial charge on any atom is -0.369 e. The molecular formula is C17H22FN3. The minimum absolute atomic E-state index is 0.200. The average Bonchev–Trinajstić information content (AvgIpc) is 2.49. The summed E-state index contributed by atoms with van der Waals surface area (Å²) in [7, 11) is 3.93. The van der Waals surface area contributed by atoms with Gasteiger partial charge in [-0.25, -0.2) is 4.39 Å². The van der Waals surface area contributed by atoms with Crippen LogP contribution in [0, 0.1) is 5.82 Å². The smallest absolute Gasteiger partial charge is 0.123 e. The van der Waals surface area contributed by atoms with Gasteiger partial charge in [-0.15, -0.1) is 0 Å². The fraction of sp³-hybridized carbons (Fsp3) is 0.353. The van der Waals surface area contributed by atoms with Crippen LogP contribution >= 0.6 is 0 Å². The van der Waals surface area contributed by atoms with Crippen molar-refractivity contribution in [2.45, 2.75) is 25.9 Å². The summed E-state index contributed by atoms with van der Waals surface area (Å²) in [4.78, 5) is 6.58. The first-order chi connectivity index (χ1) is 10.1. The van der Waals surface area contributed by atoms with E-state index in [1.54, 1.807) is 12.1 Å². The predicted molar refractivity (Wildman–Crippen MR) is 84.8 cm³/mol. The molecule has 0 spiro atoms. The molecule has 1 atom stereocenters. The Morgan fingerprint density at radius 3 is 2.67 bits per heavy atom. The van der Waals surface area contributed by atoms with Gasteiger partial charge in [-0.3, -0.25) is 4.98 Å². The zero-order valence-corrected chi connectivity index (χ0v) is 12.8. The molecule has 2 aromatic rings. The highest BCUT2D eigenvalue weighted by atomic mass is 19.1. The van der Waals surface area contributed by atoms with Crippen LogP contribution in [-0.2, 0) is 6.54 Å². The normalized spacial score (nSPS) is 12.2. The summed E-state index contributed by atoms with van der Waals surface area (Å²) < 4.78 is 13.2. The molecule has 1 aromatic carbocycles. The molecule has 3 nitrogen and oxygen atoms in total. The molecule has 1 aromatic heterocycles. The molecule has 0 bridgehead atoms.